The van der Waals surface area contributed by atoms with Gasteiger partial charge in [-0.15, -0.1) is 10.2 Å². The van der Waals surface area contributed by atoms with Crippen LogP contribution < -0.4 is 4.74 Å². The van der Waals surface area contributed by atoms with Gasteiger partial charge >= 0.3 is 0 Å². The van der Waals surface area contributed by atoms with Crippen LogP contribution in [0.3, 0.4) is 0 Å². The van der Waals surface area contributed by atoms with E-state index < -0.39 is 0 Å². The first kappa shape index (κ1) is 19.0. The normalized spacial score (nSPS) is 11.1. The molecule has 0 fully saturated rings. The van der Waals surface area contributed by atoms with Gasteiger partial charge in [-0.2, -0.15) is 0 Å². The van der Waals surface area contributed by atoms with Crippen molar-refractivity contribution in [2.45, 2.75) is 24.8 Å². The molecule has 0 aliphatic carbocycles. The number of hydrogen-bond acceptors (Lipinski definition) is 4. The summed E-state index contributed by atoms with van der Waals surface area (Å²) in [6, 6.07) is 16.4. The molecule has 2 aromatic carbocycles. The van der Waals surface area contributed by atoms with E-state index in [1.807, 2.05) is 48.0 Å². The van der Waals surface area contributed by atoms with E-state index >= 15 is 0 Å². The fraction of sp³-hybridized carbons (Fsp3) is 0.300. The number of rotatable bonds is 7. The lowest BCUT2D eigenvalue weighted by atomic mass is 10.2. The zero-order valence-electron chi connectivity index (χ0n) is 15.1. The average molecular weight is 432 g/mol. The largest absolute Gasteiger partial charge is 0.493 e. The lowest BCUT2D eigenvalue weighted by molar-refractivity contribution is 0.271. The Balaban J connectivity index is 1.68. The minimum atomic E-state index is 0.512. The highest BCUT2D eigenvalue weighted by Crippen LogP contribution is 2.27. The highest BCUT2D eigenvalue weighted by Gasteiger charge is 2.11. The predicted molar refractivity (Wildman–Crippen MR) is 110 cm³/mol. The third kappa shape index (κ3) is 4.89. The molecule has 0 atom stereocenters. The van der Waals surface area contributed by atoms with E-state index in [1.54, 1.807) is 11.8 Å². The molecule has 136 valence electrons. The van der Waals surface area contributed by atoms with Gasteiger partial charge < -0.3 is 9.30 Å². The summed E-state index contributed by atoms with van der Waals surface area (Å²) in [5.74, 6) is 3.11. The van der Waals surface area contributed by atoms with Crippen molar-refractivity contribution in [1.29, 1.82) is 0 Å². The van der Waals surface area contributed by atoms with Crippen LogP contribution in [0.4, 0.5) is 0 Å². The van der Waals surface area contributed by atoms with Crippen LogP contribution >= 0.6 is 27.7 Å². The minimum absolute atomic E-state index is 0.512. The van der Waals surface area contributed by atoms with Crippen molar-refractivity contribution in [2.75, 3.05) is 6.61 Å². The summed E-state index contributed by atoms with van der Waals surface area (Å²) in [6.07, 6.45) is 0. The molecular formula is C20H22BrN3OS. The maximum Gasteiger partial charge on any atom is 0.191 e. The zero-order chi connectivity index (χ0) is 18.5. The molecule has 0 amide bonds. The molecule has 0 unspecified atom stereocenters. The third-order valence-corrected chi connectivity index (χ3v) is 5.37. The van der Waals surface area contributed by atoms with Crippen molar-refractivity contribution in [3.05, 3.63) is 58.6 Å². The molecule has 1 aromatic heterocycles. The number of thioether (sulfide) groups is 1. The first-order valence-electron chi connectivity index (χ1n) is 8.53. The predicted octanol–water partition coefficient (Wildman–Crippen LogP) is 5.57. The quantitative estimate of drug-likeness (QED) is 0.458. The van der Waals surface area contributed by atoms with Crippen LogP contribution in [-0.4, -0.2) is 21.4 Å². The Bertz CT molecular complexity index is 862. The van der Waals surface area contributed by atoms with E-state index in [4.69, 9.17) is 4.74 Å². The lowest BCUT2D eigenvalue weighted by Gasteiger charge is -2.09. The summed E-state index contributed by atoms with van der Waals surface area (Å²) >= 11 is 5.19. The van der Waals surface area contributed by atoms with E-state index in [9.17, 15) is 0 Å². The van der Waals surface area contributed by atoms with Gasteiger partial charge in [-0.1, -0.05) is 53.7 Å². The average Bonchev–Trinajstić information content (AvgIpc) is 2.99. The highest BCUT2D eigenvalue weighted by molar-refractivity contribution is 9.10. The van der Waals surface area contributed by atoms with Crippen LogP contribution in [-0.2, 0) is 12.8 Å². The molecule has 3 aromatic rings. The third-order valence-electron chi connectivity index (χ3n) is 3.79. The van der Waals surface area contributed by atoms with Gasteiger partial charge in [-0.05, 0) is 47.9 Å². The van der Waals surface area contributed by atoms with Gasteiger partial charge in [0.05, 0.1) is 6.61 Å². The van der Waals surface area contributed by atoms with E-state index in [-0.39, 0.29) is 0 Å². The molecule has 0 spiro atoms. The maximum atomic E-state index is 5.74. The number of ether oxygens (including phenoxy) is 1. The standard InChI is InChI=1S/C20H22BrN3OS/c1-14(2)12-25-18-9-7-16(8-10-18)19-22-23-20(24(19)3)26-13-15-5-4-6-17(21)11-15/h4-11,14H,12-13H2,1-3H3. The van der Waals surface area contributed by atoms with Crippen LogP contribution in [0.1, 0.15) is 19.4 Å². The number of aromatic nitrogens is 3. The van der Waals surface area contributed by atoms with Gasteiger partial charge in [0.1, 0.15) is 5.75 Å². The van der Waals surface area contributed by atoms with E-state index in [0.717, 1.165) is 39.1 Å². The van der Waals surface area contributed by atoms with Crippen LogP contribution in [0.15, 0.2) is 58.2 Å². The lowest BCUT2D eigenvalue weighted by Crippen LogP contribution is -2.04. The molecule has 0 saturated heterocycles. The highest BCUT2D eigenvalue weighted by atomic mass is 79.9. The number of halogens is 1. The summed E-state index contributed by atoms with van der Waals surface area (Å²) in [5, 5.41) is 9.61. The number of benzene rings is 2. The van der Waals surface area contributed by atoms with Crippen molar-refractivity contribution in [3.8, 4) is 17.1 Å². The van der Waals surface area contributed by atoms with E-state index in [0.29, 0.717) is 5.92 Å². The Kier molecular flexibility index (Phi) is 6.38. The van der Waals surface area contributed by atoms with E-state index in [2.05, 4.69) is 52.1 Å². The van der Waals surface area contributed by atoms with Crippen molar-refractivity contribution in [2.24, 2.45) is 13.0 Å². The monoisotopic (exact) mass is 431 g/mol. The Hall–Kier alpha value is -1.79. The molecule has 0 aliphatic rings. The van der Waals surface area contributed by atoms with Gasteiger partial charge in [0.25, 0.3) is 0 Å². The molecule has 26 heavy (non-hydrogen) atoms. The number of hydrogen-bond donors (Lipinski definition) is 0. The number of nitrogens with zero attached hydrogens (tertiary/aromatic N) is 3. The van der Waals surface area contributed by atoms with Gasteiger partial charge in [-0.25, -0.2) is 0 Å². The van der Waals surface area contributed by atoms with Gasteiger partial charge in [0.15, 0.2) is 11.0 Å². The Labute approximate surface area is 167 Å². The topological polar surface area (TPSA) is 39.9 Å². The molecule has 4 nitrogen and oxygen atoms in total. The van der Waals surface area contributed by atoms with Crippen molar-refractivity contribution < 1.29 is 4.74 Å². The van der Waals surface area contributed by atoms with Crippen molar-refractivity contribution >= 4 is 27.7 Å². The molecule has 0 aliphatic heterocycles. The summed E-state index contributed by atoms with van der Waals surface area (Å²) in [4.78, 5) is 0. The summed E-state index contributed by atoms with van der Waals surface area (Å²) in [5.41, 5.74) is 2.28. The minimum Gasteiger partial charge on any atom is -0.493 e. The van der Waals surface area contributed by atoms with E-state index in [1.165, 1.54) is 5.56 Å². The molecule has 0 bridgehead atoms. The van der Waals surface area contributed by atoms with Gasteiger partial charge in [0.2, 0.25) is 0 Å². The fourth-order valence-electron chi connectivity index (χ4n) is 2.43. The Morgan fingerprint density at radius 2 is 1.88 bits per heavy atom. The second kappa shape index (κ2) is 8.73. The first-order chi connectivity index (χ1) is 12.5. The first-order valence-corrected chi connectivity index (χ1v) is 10.3. The molecule has 0 radical (unpaired) electrons. The van der Waals surface area contributed by atoms with Gasteiger partial charge in [0, 0.05) is 22.8 Å². The van der Waals surface area contributed by atoms with Crippen LogP contribution in [0.2, 0.25) is 0 Å². The fourth-order valence-corrected chi connectivity index (χ4v) is 3.73. The molecule has 0 N–H and O–H groups in total. The summed E-state index contributed by atoms with van der Waals surface area (Å²) < 4.78 is 8.87. The second-order valence-corrected chi connectivity index (χ2v) is 8.37. The van der Waals surface area contributed by atoms with Crippen molar-refractivity contribution in [1.82, 2.24) is 14.8 Å². The van der Waals surface area contributed by atoms with Crippen LogP contribution in [0.25, 0.3) is 11.4 Å². The molecule has 6 heteroatoms. The van der Waals surface area contributed by atoms with Crippen molar-refractivity contribution in [3.63, 3.8) is 0 Å². The molecule has 1 heterocycles. The zero-order valence-corrected chi connectivity index (χ0v) is 17.5. The smallest absolute Gasteiger partial charge is 0.191 e. The molecule has 0 saturated carbocycles. The second-order valence-electron chi connectivity index (χ2n) is 6.51. The summed E-state index contributed by atoms with van der Waals surface area (Å²) in [6.45, 7) is 5.00. The van der Waals surface area contributed by atoms with Crippen LogP contribution in [0.5, 0.6) is 5.75 Å². The maximum absolute atomic E-state index is 5.74. The Morgan fingerprint density at radius 1 is 1.12 bits per heavy atom. The summed E-state index contributed by atoms with van der Waals surface area (Å²) in [7, 11) is 2.00. The molecule has 3 rings (SSSR count). The SMILES string of the molecule is CC(C)COc1ccc(-c2nnc(SCc3cccc(Br)c3)n2C)cc1. The Morgan fingerprint density at radius 3 is 2.58 bits per heavy atom. The molecular weight excluding hydrogens is 410 g/mol. The van der Waals surface area contributed by atoms with Gasteiger partial charge in [-0.3, -0.25) is 0 Å². The van der Waals surface area contributed by atoms with Crippen LogP contribution in [0, 0.1) is 5.92 Å².